The van der Waals surface area contributed by atoms with Crippen molar-refractivity contribution >= 4 is 5.91 Å². The molecule has 0 radical (unpaired) electrons. The molecule has 2 fully saturated rings. The topological polar surface area (TPSA) is 58.4 Å². The number of carbonyl (C=O) groups is 1. The lowest BCUT2D eigenvalue weighted by Crippen LogP contribution is -2.44. The summed E-state index contributed by atoms with van der Waals surface area (Å²) in [6.45, 7) is 6.37. The first-order valence-corrected chi connectivity index (χ1v) is 7.59. The first-order chi connectivity index (χ1) is 9.19. The van der Waals surface area contributed by atoms with Crippen LogP contribution >= 0.6 is 0 Å². The number of hydrogen-bond acceptors (Lipinski definition) is 3. The zero-order valence-electron chi connectivity index (χ0n) is 11.8. The first kappa shape index (κ1) is 14.5. The smallest absolute Gasteiger partial charge is 0.245 e. The quantitative estimate of drug-likeness (QED) is 0.765. The molecule has 1 aliphatic carbocycles. The minimum absolute atomic E-state index is 0. The van der Waals surface area contributed by atoms with E-state index >= 15 is 0 Å². The molecule has 1 saturated heterocycles. The predicted molar refractivity (Wildman–Crippen MR) is 82.0 cm³/mol. The summed E-state index contributed by atoms with van der Waals surface area (Å²) in [6, 6.07) is 0.995. The summed E-state index contributed by atoms with van der Waals surface area (Å²) in [7, 11) is 0. The largest absolute Gasteiger partial charge is 0.339 e. The molecule has 0 aromatic rings. The number of likely N-dealkylation sites (tertiary alicyclic amines) is 1. The zero-order valence-corrected chi connectivity index (χ0v) is 11.8. The maximum atomic E-state index is 11.5. The number of amides is 1. The van der Waals surface area contributed by atoms with Crippen molar-refractivity contribution in [1.82, 2.24) is 10.2 Å². The molecule has 112 valence electrons. The van der Waals surface area contributed by atoms with Crippen LogP contribution in [0.25, 0.3) is 0 Å². The summed E-state index contributed by atoms with van der Waals surface area (Å²) in [5.74, 6) is 0.775. The van der Waals surface area contributed by atoms with Crippen molar-refractivity contribution in [2.75, 3.05) is 19.6 Å². The third-order valence-corrected chi connectivity index (χ3v) is 4.51. The molecule has 1 aliphatic heterocycles. The van der Waals surface area contributed by atoms with E-state index in [1.54, 1.807) is 0 Å². The van der Waals surface area contributed by atoms with Crippen molar-refractivity contribution in [1.29, 1.82) is 0 Å². The maximum Gasteiger partial charge on any atom is 0.245 e. The van der Waals surface area contributed by atoms with E-state index in [9.17, 15) is 4.79 Å². The van der Waals surface area contributed by atoms with Crippen molar-refractivity contribution < 1.29 is 7.65 Å². The highest BCUT2D eigenvalue weighted by Crippen LogP contribution is 2.20. The monoisotopic (exact) mass is 269 g/mol. The van der Waals surface area contributed by atoms with Gasteiger partial charge in [-0.3, -0.25) is 4.79 Å². The third-order valence-electron chi connectivity index (χ3n) is 4.51. The molecule has 1 amide bonds. The molecule has 1 saturated carbocycles. The minimum Gasteiger partial charge on any atom is -0.339 e. The summed E-state index contributed by atoms with van der Waals surface area (Å²) < 4.78 is 0. The number of nitrogens with zero attached hydrogens (tertiary/aromatic N) is 1. The fourth-order valence-corrected chi connectivity index (χ4v) is 3.23. The van der Waals surface area contributed by atoms with Gasteiger partial charge in [-0.25, -0.2) is 0 Å². The lowest BCUT2D eigenvalue weighted by Gasteiger charge is -2.33. The Balaban J connectivity index is 0.00000200. The van der Waals surface area contributed by atoms with Crippen molar-refractivity contribution in [2.45, 2.75) is 50.6 Å². The Bertz CT molecular complexity index is 320. The third kappa shape index (κ3) is 4.32. The van der Waals surface area contributed by atoms with Gasteiger partial charge in [-0.05, 0) is 50.6 Å². The molecule has 0 aromatic carbocycles. The maximum absolute atomic E-state index is 11.5. The van der Waals surface area contributed by atoms with Gasteiger partial charge in [0.05, 0.1) is 0 Å². The van der Waals surface area contributed by atoms with E-state index in [1.807, 2.05) is 4.90 Å². The van der Waals surface area contributed by atoms with E-state index in [4.69, 9.17) is 5.73 Å². The molecule has 2 atom stereocenters. The lowest BCUT2D eigenvalue weighted by atomic mass is 9.90. The van der Waals surface area contributed by atoms with Gasteiger partial charge in [-0.1, -0.05) is 13.0 Å². The van der Waals surface area contributed by atoms with E-state index in [0.717, 1.165) is 38.9 Å². The van der Waals surface area contributed by atoms with Gasteiger partial charge in [0.25, 0.3) is 0 Å². The molecule has 1 heterocycles. The van der Waals surface area contributed by atoms with Crippen LogP contribution in [-0.4, -0.2) is 42.5 Å². The van der Waals surface area contributed by atoms with Gasteiger partial charge in [0.1, 0.15) is 0 Å². The van der Waals surface area contributed by atoms with Crippen LogP contribution < -0.4 is 11.1 Å². The molecule has 0 spiro atoms. The Hall–Kier alpha value is -0.870. The van der Waals surface area contributed by atoms with Gasteiger partial charge < -0.3 is 16.0 Å². The number of nitrogens with two attached hydrogens (primary N) is 1. The normalized spacial score (nSPS) is 29.2. The standard InChI is InChI=1S/C15H27N3O.2H2/c1-2-15(19)18-8-6-12(7-9-18)11-17-14-5-3-4-13(16)10-14;;/h2,12-14,17H,1,3-11,16H2;2*1H/t13-,14?;;/m1../s1. The van der Waals surface area contributed by atoms with Crippen LogP contribution in [0.5, 0.6) is 0 Å². The molecule has 0 aromatic heterocycles. The second kappa shape index (κ2) is 7.06. The van der Waals surface area contributed by atoms with E-state index in [-0.39, 0.29) is 8.76 Å². The first-order valence-electron chi connectivity index (χ1n) is 7.59. The Morgan fingerprint density at radius 2 is 2.11 bits per heavy atom. The molecule has 2 aliphatic rings. The van der Waals surface area contributed by atoms with Gasteiger partial charge in [0.2, 0.25) is 5.91 Å². The van der Waals surface area contributed by atoms with Crippen molar-refractivity contribution in [3.05, 3.63) is 12.7 Å². The number of piperidine rings is 1. The van der Waals surface area contributed by atoms with Crippen molar-refractivity contribution in [3.8, 4) is 0 Å². The molecule has 0 bridgehead atoms. The Labute approximate surface area is 119 Å². The van der Waals surface area contributed by atoms with E-state index < -0.39 is 0 Å². The summed E-state index contributed by atoms with van der Waals surface area (Å²) >= 11 is 0. The van der Waals surface area contributed by atoms with E-state index in [0.29, 0.717) is 18.0 Å². The molecule has 19 heavy (non-hydrogen) atoms. The number of hydrogen-bond donors (Lipinski definition) is 2. The van der Waals surface area contributed by atoms with Gasteiger partial charge in [-0.15, -0.1) is 0 Å². The summed E-state index contributed by atoms with van der Waals surface area (Å²) in [5, 5.41) is 3.68. The van der Waals surface area contributed by atoms with E-state index in [2.05, 4.69) is 11.9 Å². The second-order valence-electron chi connectivity index (χ2n) is 6.00. The number of rotatable bonds is 4. The van der Waals surface area contributed by atoms with Gasteiger partial charge >= 0.3 is 0 Å². The zero-order chi connectivity index (χ0) is 13.7. The highest BCUT2D eigenvalue weighted by Gasteiger charge is 2.23. The Morgan fingerprint density at radius 1 is 1.37 bits per heavy atom. The van der Waals surface area contributed by atoms with Crippen LogP contribution in [0, 0.1) is 5.92 Å². The van der Waals surface area contributed by atoms with Crippen LogP contribution in [0.3, 0.4) is 0 Å². The minimum atomic E-state index is 0. The summed E-state index contributed by atoms with van der Waals surface area (Å²) in [4.78, 5) is 13.4. The lowest BCUT2D eigenvalue weighted by molar-refractivity contribution is -0.127. The fourth-order valence-electron chi connectivity index (χ4n) is 3.23. The van der Waals surface area contributed by atoms with Crippen LogP contribution in [0.4, 0.5) is 0 Å². The number of nitrogens with one attached hydrogen (secondary N) is 1. The van der Waals surface area contributed by atoms with Gasteiger partial charge in [0, 0.05) is 28.0 Å². The SMILES string of the molecule is C=CC(=O)N1CCC(CNC2CCC[C@@H](N)C2)CC1.[HH].[HH]. The Morgan fingerprint density at radius 3 is 2.74 bits per heavy atom. The van der Waals surface area contributed by atoms with Crippen LogP contribution in [-0.2, 0) is 4.79 Å². The molecule has 4 heteroatoms. The highest BCUT2D eigenvalue weighted by molar-refractivity contribution is 5.87. The molecule has 3 N–H and O–H groups in total. The second-order valence-corrected chi connectivity index (χ2v) is 6.00. The molecule has 4 nitrogen and oxygen atoms in total. The summed E-state index contributed by atoms with van der Waals surface area (Å²) in [6.07, 6.45) is 8.44. The van der Waals surface area contributed by atoms with Gasteiger partial charge in [0.15, 0.2) is 0 Å². The molecule has 1 unspecified atom stereocenters. The van der Waals surface area contributed by atoms with E-state index in [1.165, 1.54) is 25.3 Å². The molecule has 2 rings (SSSR count). The average Bonchev–Trinajstić information content (AvgIpc) is 2.45. The highest BCUT2D eigenvalue weighted by atomic mass is 16.2. The molecular weight excluding hydrogens is 238 g/mol. The van der Waals surface area contributed by atoms with Crippen molar-refractivity contribution in [2.24, 2.45) is 11.7 Å². The van der Waals surface area contributed by atoms with Crippen LogP contribution in [0.15, 0.2) is 12.7 Å². The summed E-state index contributed by atoms with van der Waals surface area (Å²) in [5.41, 5.74) is 6.01. The predicted octanol–water partition coefficient (Wildman–Crippen LogP) is 1.76. The Kier molecular flexibility index (Phi) is 5.40. The van der Waals surface area contributed by atoms with Crippen LogP contribution in [0.1, 0.15) is 41.4 Å². The fraction of sp³-hybridized carbons (Fsp3) is 0.800. The molecular formula is C15H31N3O. The van der Waals surface area contributed by atoms with Gasteiger partial charge in [-0.2, -0.15) is 0 Å². The number of carbonyl (C=O) groups excluding carboxylic acids is 1. The van der Waals surface area contributed by atoms with Crippen molar-refractivity contribution in [3.63, 3.8) is 0 Å². The average molecular weight is 269 g/mol. The van der Waals surface area contributed by atoms with Crippen LogP contribution in [0.2, 0.25) is 0 Å².